The Morgan fingerprint density at radius 1 is 0.618 bits per heavy atom. The maximum atomic E-state index is 13.0. The SMILES string of the molecule is CCCCCCCCCCCCC#CC#CCCCCCCCCC(=O)NCCOCCOCCOCCNS(=O)(=O)c1cccc2c(N(C)C)cccc12. The number of amides is 1. The van der Waals surface area contributed by atoms with Gasteiger partial charge in [-0.05, 0) is 43.2 Å². The highest BCUT2D eigenvalue weighted by Gasteiger charge is 2.18. The maximum Gasteiger partial charge on any atom is 0.241 e. The van der Waals surface area contributed by atoms with Crippen molar-refractivity contribution >= 4 is 32.4 Å². The van der Waals surface area contributed by atoms with Crippen molar-refractivity contribution in [1.82, 2.24) is 10.0 Å². The Kier molecular flexibility index (Phi) is 28.0. The molecule has 0 aliphatic heterocycles. The highest BCUT2D eigenvalue weighted by atomic mass is 32.2. The monoisotopic (exact) mass is 782 g/mol. The van der Waals surface area contributed by atoms with E-state index in [2.05, 4.69) is 40.6 Å². The van der Waals surface area contributed by atoms with Gasteiger partial charge >= 0.3 is 0 Å². The minimum atomic E-state index is -3.69. The van der Waals surface area contributed by atoms with E-state index in [0.717, 1.165) is 49.6 Å². The molecule has 0 spiro atoms. The van der Waals surface area contributed by atoms with Gasteiger partial charge < -0.3 is 24.4 Å². The third-order valence-electron chi connectivity index (χ3n) is 9.33. The molecule has 10 heteroatoms. The number of hydrogen-bond acceptors (Lipinski definition) is 7. The lowest BCUT2D eigenvalue weighted by Crippen LogP contribution is -2.28. The van der Waals surface area contributed by atoms with Crippen LogP contribution in [0.25, 0.3) is 10.8 Å². The Bertz CT molecular complexity index is 1540. The summed E-state index contributed by atoms with van der Waals surface area (Å²) in [7, 11) is 0.175. The van der Waals surface area contributed by atoms with Gasteiger partial charge in [-0.15, -0.1) is 0 Å². The zero-order valence-corrected chi connectivity index (χ0v) is 35.2. The molecule has 2 N–H and O–H groups in total. The first-order valence-corrected chi connectivity index (χ1v) is 22.5. The van der Waals surface area contributed by atoms with Gasteiger partial charge in [0, 0.05) is 62.9 Å². The molecule has 0 heterocycles. The number of ether oxygens (including phenoxy) is 3. The van der Waals surface area contributed by atoms with Crippen molar-refractivity contribution in [3.8, 4) is 23.7 Å². The van der Waals surface area contributed by atoms with Gasteiger partial charge in [0.2, 0.25) is 15.9 Å². The summed E-state index contributed by atoms with van der Waals surface area (Å²) in [4.78, 5) is 14.3. The first-order chi connectivity index (χ1) is 26.9. The molecule has 55 heavy (non-hydrogen) atoms. The Hall–Kier alpha value is -3.12. The number of hydrogen-bond donors (Lipinski definition) is 2. The van der Waals surface area contributed by atoms with E-state index in [1.807, 2.05) is 43.3 Å². The van der Waals surface area contributed by atoms with Crippen LogP contribution >= 0.6 is 0 Å². The molecule has 0 aliphatic rings. The molecule has 0 fully saturated rings. The van der Waals surface area contributed by atoms with Crippen molar-refractivity contribution in [3.05, 3.63) is 36.4 Å². The van der Waals surface area contributed by atoms with Crippen molar-refractivity contribution < 1.29 is 27.4 Å². The molecule has 0 aliphatic carbocycles. The Morgan fingerprint density at radius 3 is 1.69 bits per heavy atom. The van der Waals surface area contributed by atoms with Gasteiger partial charge in [0.1, 0.15) is 0 Å². The molecule has 2 aromatic rings. The summed E-state index contributed by atoms with van der Waals surface area (Å²) in [6, 6.07) is 11.0. The molecule has 9 nitrogen and oxygen atoms in total. The molecule has 0 aromatic heterocycles. The van der Waals surface area contributed by atoms with Gasteiger partial charge in [0.15, 0.2) is 0 Å². The topological polar surface area (TPSA) is 106 Å². The highest BCUT2D eigenvalue weighted by molar-refractivity contribution is 7.89. The predicted octanol–water partition coefficient (Wildman–Crippen LogP) is 8.79. The van der Waals surface area contributed by atoms with E-state index in [1.165, 1.54) is 77.0 Å². The van der Waals surface area contributed by atoms with Crippen LogP contribution in [-0.2, 0) is 29.0 Å². The van der Waals surface area contributed by atoms with Gasteiger partial charge in [-0.1, -0.05) is 127 Å². The van der Waals surface area contributed by atoms with Crippen molar-refractivity contribution in [1.29, 1.82) is 0 Å². The van der Waals surface area contributed by atoms with Gasteiger partial charge in [-0.2, -0.15) is 0 Å². The fourth-order valence-electron chi connectivity index (χ4n) is 6.23. The quantitative estimate of drug-likeness (QED) is 0.0551. The van der Waals surface area contributed by atoms with Crippen LogP contribution in [0.4, 0.5) is 5.69 Å². The Morgan fingerprint density at radius 2 is 1.11 bits per heavy atom. The van der Waals surface area contributed by atoms with Crippen LogP contribution in [0.1, 0.15) is 129 Å². The number of fused-ring (bicyclic) bond motifs is 1. The van der Waals surface area contributed by atoms with Gasteiger partial charge in [-0.3, -0.25) is 4.79 Å². The van der Waals surface area contributed by atoms with Crippen molar-refractivity contribution in [3.63, 3.8) is 0 Å². The van der Waals surface area contributed by atoms with E-state index in [9.17, 15) is 13.2 Å². The third-order valence-corrected chi connectivity index (χ3v) is 10.9. The summed E-state index contributed by atoms with van der Waals surface area (Å²) in [5, 5.41) is 4.48. The smallest absolute Gasteiger partial charge is 0.241 e. The number of carbonyl (C=O) groups excluding carboxylic acids is 1. The molecule has 0 bridgehead atoms. The molecule has 0 saturated heterocycles. The number of benzene rings is 2. The lowest BCUT2D eigenvalue weighted by atomic mass is 10.1. The van der Waals surface area contributed by atoms with E-state index in [0.29, 0.717) is 51.4 Å². The van der Waals surface area contributed by atoms with Crippen LogP contribution in [0.3, 0.4) is 0 Å². The number of nitrogens with one attached hydrogen (secondary N) is 2. The molecule has 308 valence electrons. The average molecular weight is 782 g/mol. The summed E-state index contributed by atoms with van der Waals surface area (Å²) >= 11 is 0. The van der Waals surface area contributed by atoms with Crippen LogP contribution in [0.2, 0.25) is 0 Å². The normalized spacial score (nSPS) is 11.2. The number of carbonyl (C=O) groups is 1. The average Bonchev–Trinajstić information content (AvgIpc) is 3.18. The molecule has 0 radical (unpaired) electrons. The second-order valence-electron chi connectivity index (χ2n) is 14.3. The zero-order chi connectivity index (χ0) is 39.7. The second-order valence-corrected chi connectivity index (χ2v) is 16.0. The summed E-state index contributed by atoms with van der Waals surface area (Å²) in [5.74, 6) is 12.5. The molecule has 0 saturated carbocycles. The predicted molar refractivity (Wildman–Crippen MR) is 228 cm³/mol. The largest absolute Gasteiger partial charge is 0.378 e. The van der Waals surface area contributed by atoms with Crippen molar-refractivity contribution in [2.45, 2.75) is 134 Å². The maximum absolute atomic E-state index is 13.0. The van der Waals surface area contributed by atoms with Gasteiger partial charge in [0.05, 0.1) is 44.5 Å². The number of unbranched alkanes of at least 4 members (excludes halogenated alkanes) is 16. The lowest BCUT2D eigenvalue weighted by Gasteiger charge is -2.17. The van der Waals surface area contributed by atoms with Crippen molar-refractivity contribution in [2.24, 2.45) is 0 Å². The number of nitrogens with zero attached hydrogens (tertiary/aromatic N) is 1. The van der Waals surface area contributed by atoms with Crippen LogP contribution in [0.15, 0.2) is 41.3 Å². The highest BCUT2D eigenvalue weighted by Crippen LogP contribution is 2.30. The molecule has 2 rings (SSSR count). The molecule has 1 amide bonds. The molecular weight excluding hydrogens is 711 g/mol. The first kappa shape index (κ1) is 48.0. The lowest BCUT2D eigenvalue weighted by molar-refractivity contribution is -0.121. The fraction of sp³-hybridized carbons (Fsp3) is 0.667. The first-order valence-electron chi connectivity index (χ1n) is 21.0. The summed E-state index contributed by atoms with van der Waals surface area (Å²) < 4.78 is 45.2. The van der Waals surface area contributed by atoms with Crippen LogP contribution < -0.4 is 14.9 Å². The third kappa shape index (κ3) is 23.5. The van der Waals surface area contributed by atoms with Crippen LogP contribution in [0.5, 0.6) is 0 Å². The Balaban J connectivity index is 1.32. The fourth-order valence-corrected chi connectivity index (χ4v) is 7.46. The standard InChI is InChI=1S/C45H71N3O6S/c1-4-5-6-7-8-9-10-11-12-13-14-15-16-17-18-19-20-21-22-23-24-25-32-45(49)46-33-35-52-37-39-54-40-38-53-36-34-47-55(50,51)44-31-27-28-41-42(44)29-26-30-43(41)48(2)3/h26-31,47H,4-14,19-25,32-40H2,1-3H3,(H,46,49). The van der Waals surface area contributed by atoms with Gasteiger partial charge in [0.25, 0.3) is 0 Å². The van der Waals surface area contributed by atoms with E-state index < -0.39 is 10.0 Å². The second kappa shape index (κ2) is 32.0. The number of sulfonamides is 1. The molecular formula is C45H71N3O6S. The van der Waals surface area contributed by atoms with Crippen molar-refractivity contribution in [2.75, 3.05) is 71.7 Å². The van der Waals surface area contributed by atoms with E-state index >= 15 is 0 Å². The summed E-state index contributed by atoms with van der Waals surface area (Å²) in [5.41, 5.74) is 0.960. The summed E-state index contributed by atoms with van der Waals surface area (Å²) in [6.45, 7) is 5.16. The minimum absolute atomic E-state index is 0.0689. The molecule has 0 atom stereocenters. The minimum Gasteiger partial charge on any atom is -0.378 e. The van der Waals surface area contributed by atoms with E-state index in [1.54, 1.807) is 12.1 Å². The zero-order valence-electron chi connectivity index (χ0n) is 34.4. The summed E-state index contributed by atoms with van der Waals surface area (Å²) in [6.07, 6.45) is 22.6. The van der Waals surface area contributed by atoms with E-state index in [-0.39, 0.29) is 24.0 Å². The molecule has 0 unspecified atom stereocenters. The molecule has 2 aromatic carbocycles. The van der Waals surface area contributed by atoms with Crippen LogP contribution in [0, 0.1) is 23.7 Å². The van der Waals surface area contributed by atoms with Gasteiger partial charge in [-0.25, -0.2) is 13.1 Å². The Labute approximate surface area is 334 Å². The van der Waals surface area contributed by atoms with E-state index in [4.69, 9.17) is 14.2 Å². The van der Waals surface area contributed by atoms with Crippen LogP contribution in [-0.4, -0.2) is 81.2 Å². The number of anilines is 1. The number of rotatable bonds is 33.